The Morgan fingerprint density at radius 3 is 2.74 bits per heavy atom. The lowest BCUT2D eigenvalue weighted by atomic mass is 10.1. The highest BCUT2D eigenvalue weighted by atomic mass is 16.5. The first-order valence-corrected chi connectivity index (χ1v) is 10.6. The Morgan fingerprint density at radius 1 is 1.15 bits per heavy atom. The number of aromatic amines is 1. The van der Waals surface area contributed by atoms with Crippen LogP contribution in [0.3, 0.4) is 0 Å². The van der Waals surface area contributed by atoms with Crippen LogP contribution in [0.4, 0.5) is 5.69 Å². The number of rotatable bonds is 5. The standard InChI is InChI=1S/C23H21N7O4/c1-13-26-29-22(34-13)15-8-9-18-17(11-15)30(2)23(32)16(12-33-18)24-21(31)20-25-19(27-28-20)10-14-6-4-3-5-7-14/h3-9,11,16H,10,12H2,1-2H3,(H,24,31)(H,25,27,28). The second kappa shape index (κ2) is 8.77. The van der Waals surface area contributed by atoms with Crippen LogP contribution >= 0.6 is 0 Å². The Bertz CT molecular complexity index is 1350. The summed E-state index contributed by atoms with van der Waals surface area (Å²) in [6.45, 7) is 1.66. The molecule has 0 spiro atoms. The Hall–Kier alpha value is -4.54. The minimum Gasteiger partial charge on any atom is -0.489 e. The molecular weight excluding hydrogens is 438 g/mol. The fourth-order valence-electron chi connectivity index (χ4n) is 3.64. The highest BCUT2D eigenvalue weighted by molar-refractivity contribution is 6.02. The number of amides is 2. The Morgan fingerprint density at radius 2 is 1.97 bits per heavy atom. The zero-order valence-corrected chi connectivity index (χ0v) is 18.5. The highest BCUT2D eigenvalue weighted by Crippen LogP contribution is 2.34. The first-order chi connectivity index (χ1) is 16.5. The molecule has 11 heteroatoms. The van der Waals surface area contributed by atoms with Crippen molar-refractivity contribution in [3.8, 4) is 17.2 Å². The van der Waals surface area contributed by atoms with Crippen LogP contribution in [0, 0.1) is 6.92 Å². The molecule has 2 aromatic carbocycles. The minimum absolute atomic E-state index is 0.0252. The molecule has 0 saturated heterocycles. The number of carbonyl (C=O) groups excluding carboxylic acids is 2. The van der Waals surface area contributed by atoms with Crippen molar-refractivity contribution in [2.24, 2.45) is 0 Å². The molecule has 1 aliphatic rings. The summed E-state index contributed by atoms with van der Waals surface area (Å²) in [7, 11) is 1.62. The molecule has 0 saturated carbocycles. The summed E-state index contributed by atoms with van der Waals surface area (Å²) in [4.78, 5) is 30.2. The van der Waals surface area contributed by atoms with Crippen LogP contribution in [0.2, 0.25) is 0 Å². The normalized spacial score (nSPS) is 15.4. The van der Waals surface area contributed by atoms with Crippen LogP contribution in [-0.4, -0.2) is 56.9 Å². The number of benzene rings is 2. The van der Waals surface area contributed by atoms with Gasteiger partial charge in [-0.3, -0.25) is 9.59 Å². The zero-order chi connectivity index (χ0) is 23.7. The molecule has 0 aliphatic carbocycles. The molecular formula is C23H21N7O4. The van der Waals surface area contributed by atoms with Crippen molar-refractivity contribution in [2.75, 3.05) is 18.6 Å². The van der Waals surface area contributed by atoms with E-state index in [1.165, 1.54) is 4.90 Å². The quantitative estimate of drug-likeness (QED) is 0.461. The number of hydrogen-bond acceptors (Lipinski definition) is 8. The predicted molar refractivity (Wildman–Crippen MR) is 120 cm³/mol. The van der Waals surface area contributed by atoms with Crippen molar-refractivity contribution >= 4 is 17.5 Å². The third kappa shape index (κ3) is 4.22. The largest absolute Gasteiger partial charge is 0.489 e. The maximum atomic E-state index is 13.1. The van der Waals surface area contributed by atoms with E-state index in [4.69, 9.17) is 9.15 Å². The monoisotopic (exact) mass is 459 g/mol. The van der Waals surface area contributed by atoms with Crippen molar-refractivity contribution in [1.29, 1.82) is 0 Å². The van der Waals surface area contributed by atoms with Gasteiger partial charge in [-0.2, -0.15) is 0 Å². The lowest BCUT2D eigenvalue weighted by molar-refractivity contribution is -0.120. The van der Waals surface area contributed by atoms with Gasteiger partial charge in [0.1, 0.15) is 24.2 Å². The van der Waals surface area contributed by atoms with Gasteiger partial charge in [0.15, 0.2) is 0 Å². The minimum atomic E-state index is -0.915. The van der Waals surface area contributed by atoms with E-state index in [-0.39, 0.29) is 18.3 Å². The molecule has 5 rings (SSSR count). The second-order valence-corrected chi connectivity index (χ2v) is 7.83. The van der Waals surface area contributed by atoms with Gasteiger partial charge in [-0.15, -0.1) is 20.4 Å². The summed E-state index contributed by atoms with van der Waals surface area (Å²) >= 11 is 0. The van der Waals surface area contributed by atoms with Crippen LogP contribution in [0.25, 0.3) is 11.5 Å². The lowest BCUT2D eigenvalue weighted by Gasteiger charge is -2.20. The van der Waals surface area contributed by atoms with E-state index >= 15 is 0 Å². The van der Waals surface area contributed by atoms with Crippen molar-refractivity contribution in [3.05, 3.63) is 71.6 Å². The van der Waals surface area contributed by atoms with E-state index in [0.29, 0.717) is 41.0 Å². The maximum Gasteiger partial charge on any atom is 0.289 e. The van der Waals surface area contributed by atoms with E-state index < -0.39 is 11.9 Å². The topological polar surface area (TPSA) is 139 Å². The number of fused-ring (bicyclic) bond motifs is 1. The summed E-state index contributed by atoms with van der Waals surface area (Å²) in [5.41, 5.74) is 2.21. The van der Waals surface area contributed by atoms with E-state index in [0.717, 1.165) is 5.56 Å². The molecule has 11 nitrogen and oxygen atoms in total. The number of aromatic nitrogens is 5. The average Bonchev–Trinajstić information content (AvgIpc) is 3.48. The zero-order valence-electron chi connectivity index (χ0n) is 18.5. The van der Waals surface area contributed by atoms with Crippen LogP contribution < -0.4 is 15.0 Å². The fourth-order valence-corrected chi connectivity index (χ4v) is 3.64. The number of ether oxygens (including phenoxy) is 1. The SMILES string of the molecule is Cc1nnc(-c2ccc3c(c2)N(C)C(=O)C(NC(=O)c2nnc(Cc4ccccc4)[nH]2)CO3)o1. The summed E-state index contributed by atoms with van der Waals surface area (Å²) in [6, 6.07) is 14.0. The summed E-state index contributed by atoms with van der Waals surface area (Å²) < 4.78 is 11.3. The van der Waals surface area contributed by atoms with Gasteiger partial charge in [0.2, 0.25) is 17.6 Å². The molecule has 1 atom stereocenters. The number of nitrogens with one attached hydrogen (secondary N) is 2. The van der Waals surface area contributed by atoms with Gasteiger partial charge >= 0.3 is 0 Å². The fraction of sp³-hybridized carbons (Fsp3) is 0.217. The number of carbonyl (C=O) groups is 2. The number of H-pyrrole nitrogens is 1. The molecule has 3 heterocycles. The number of nitrogens with zero attached hydrogens (tertiary/aromatic N) is 5. The molecule has 0 fully saturated rings. The third-order valence-corrected chi connectivity index (χ3v) is 5.40. The van der Waals surface area contributed by atoms with Gasteiger partial charge < -0.3 is 24.4 Å². The van der Waals surface area contributed by atoms with Gasteiger partial charge in [-0.1, -0.05) is 30.3 Å². The van der Waals surface area contributed by atoms with Crippen molar-refractivity contribution in [2.45, 2.75) is 19.4 Å². The van der Waals surface area contributed by atoms with E-state index in [1.54, 1.807) is 32.2 Å². The molecule has 2 N–H and O–H groups in total. The van der Waals surface area contributed by atoms with E-state index in [9.17, 15) is 9.59 Å². The smallest absolute Gasteiger partial charge is 0.289 e. The Labute approximate surface area is 194 Å². The van der Waals surface area contributed by atoms with Crippen LogP contribution in [0.1, 0.15) is 27.9 Å². The van der Waals surface area contributed by atoms with Crippen molar-refractivity contribution < 1.29 is 18.7 Å². The number of aryl methyl sites for hydroxylation is 1. The molecule has 172 valence electrons. The second-order valence-electron chi connectivity index (χ2n) is 7.83. The van der Waals surface area contributed by atoms with Crippen molar-refractivity contribution in [3.63, 3.8) is 0 Å². The predicted octanol–water partition coefficient (Wildman–Crippen LogP) is 1.91. The van der Waals surface area contributed by atoms with Crippen LogP contribution in [0.15, 0.2) is 52.9 Å². The molecule has 1 unspecified atom stereocenters. The molecule has 2 amide bonds. The summed E-state index contributed by atoms with van der Waals surface area (Å²) in [5.74, 6) is 0.965. The molecule has 34 heavy (non-hydrogen) atoms. The first kappa shape index (κ1) is 21.3. The first-order valence-electron chi connectivity index (χ1n) is 10.6. The van der Waals surface area contributed by atoms with Gasteiger partial charge in [0.25, 0.3) is 11.8 Å². The number of anilines is 1. The van der Waals surface area contributed by atoms with Gasteiger partial charge in [0.05, 0.1) is 5.69 Å². The van der Waals surface area contributed by atoms with Gasteiger partial charge in [-0.25, -0.2) is 0 Å². The Balaban J connectivity index is 1.30. The van der Waals surface area contributed by atoms with Crippen LogP contribution in [-0.2, 0) is 11.2 Å². The highest BCUT2D eigenvalue weighted by Gasteiger charge is 2.32. The third-order valence-electron chi connectivity index (χ3n) is 5.40. The average molecular weight is 459 g/mol. The molecule has 2 aromatic heterocycles. The van der Waals surface area contributed by atoms with Crippen molar-refractivity contribution in [1.82, 2.24) is 30.7 Å². The van der Waals surface area contributed by atoms with E-state index in [1.807, 2.05) is 30.3 Å². The molecule has 1 aliphatic heterocycles. The summed E-state index contributed by atoms with van der Waals surface area (Å²) in [5, 5.41) is 18.5. The van der Waals surface area contributed by atoms with E-state index in [2.05, 4.69) is 30.7 Å². The number of likely N-dealkylation sites (N-methyl/N-ethyl adjacent to an activating group) is 1. The molecule has 0 bridgehead atoms. The Kier molecular flexibility index (Phi) is 5.50. The molecule has 0 radical (unpaired) electrons. The molecule has 4 aromatic rings. The lowest BCUT2D eigenvalue weighted by Crippen LogP contribution is -2.49. The van der Waals surface area contributed by atoms with Gasteiger partial charge in [0, 0.05) is 26.0 Å². The van der Waals surface area contributed by atoms with Crippen LogP contribution in [0.5, 0.6) is 5.75 Å². The van der Waals surface area contributed by atoms with Gasteiger partial charge in [-0.05, 0) is 23.8 Å². The maximum absolute atomic E-state index is 13.1. The summed E-state index contributed by atoms with van der Waals surface area (Å²) in [6.07, 6.45) is 0.506. The number of hydrogen-bond donors (Lipinski definition) is 2.